The fourth-order valence-corrected chi connectivity index (χ4v) is 2.32. The fraction of sp³-hybridized carbons (Fsp3) is 0.158. The lowest BCUT2D eigenvalue weighted by Gasteiger charge is -2.12. The number of methoxy groups -OCH3 is 3. The third-order valence-electron chi connectivity index (χ3n) is 3.53. The van der Waals surface area contributed by atoms with E-state index < -0.39 is 11.9 Å². The second kappa shape index (κ2) is 8.57. The Morgan fingerprint density at radius 3 is 2.15 bits per heavy atom. The Hall–Kier alpha value is -3.48. The van der Waals surface area contributed by atoms with E-state index in [2.05, 4.69) is 5.32 Å². The minimum absolute atomic E-state index is 0.0158. The Bertz CT molecular complexity index is 819. The number of anilines is 1. The first-order valence-electron chi connectivity index (χ1n) is 7.61. The normalized spacial score (nSPS) is 10.4. The maximum atomic E-state index is 12.1. The van der Waals surface area contributed by atoms with Crippen molar-refractivity contribution >= 4 is 23.6 Å². The highest BCUT2D eigenvalue weighted by Gasteiger charge is 2.13. The zero-order chi connectivity index (χ0) is 19.1. The van der Waals surface area contributed by atoms with Gasteiger partial charge < -0.3 is 24.6 Å². The van der Waals surface area contributed by atoms with Crippen molar-refractivity contribution in [1.82, 2.24) is 0 Å². The van der Waals surface area contributed by atoms with E-state index in [0.29, 0.717) is 22.8 Å². The summed E-state index contributed by atoms with van der Waals surface area (Å²) < 4.78 is 15.8. The third-order valence-corrected chi connectivity index (χ3v) is 3.53. The quantitative estimate of drug-likeness (QED) is 0.740. The standard InChI is InChI=1S/C19H19NO6/c1-24-15-10-12(11-16(25-2)18(15)26-3)8-9-17(21)20-14-7-5-4-6-13(14)19(22)23/h4-11H,1-3H3,(H,20,21)(H,22,23)/b9-8+. The van der Waals surface area contributed by atoms with E-state index in [9.17, 15) is 9.59 Å². The predicted molar refractivity (Wildman–Crippen MR) is 97.2 cm³/mol. The van der Waals surface area contributed by atoms with Crippen LogP contribution >= 0.6 is 0 Å². The van der Waals surface area contributed by atoms with Gasteiger partial charge in [0.15, 0.2) is 11.5 Å². The lowest BCUT2D eigenvalue weighted by atomic mass is 10.1. The average molecular weight is 357 g/mol. The molecule has 0 spiro atoms. The first-order valence-corrected chi connectivity index (χ1v) is 7.61. The van der Waals surface area contributed by atoms with Crippen molar-refractivity contribution in [2.45, 2.75) is 0 Å². The first kappa shape index (κ1) is 18.9. The summed E-state index contributed by atoms with van der Waals surface area (Å²) >= 11 is 0. The topological polar surface area (TPSA) is 94.1 Å². The van der Waals surface area contributed by atoms with Crippen LogP contribution in [0.5, 0.6) is 17.2 Å². The van der Waals surface area contributed by atoms with Gasteiger partial charge in [-0.05, 0) is 35.9 Å². The van der Waals surface area contributed by atoms with Gasteiger partial charge >= 0.3 is 5.97 Å². The summed E-state index contributed by atoms with van der Waals surface area (Å²) in [7, 11) is 4.50. The second-order valence-corrected chi connectivity index (χ2v) is 5.13. The Morgan fingerprint density at radius 2 is 1.62 bits per heavy atom. The molecule has 2 aromatic carbocycles. The second-order valence-electron chi connectivity index (χ2n) is 5.13. The number of benzene rings is 2. The molecular formula is C19H19NO6. The number of hydrogen-bond donors (Lipinski definition) is 2. The fourth-order valence-electron chi connectivity index (χ4n) is 2.32. The molecule has 2 N–H and O–H groups in total. The number of hydrogen-bond acceptors (Lipinski definition) is 5. The summed E-state index contributed by atoms with van der Waals surface area (Å²) in [5.41, 5.74) is 0.891. The first-order chi connectivity index (χ1) is 12.5. The number of ether oxygens (including phenoxy) is 3. The SMILES string of the molecule is COc1cc(/C=C/C(=O)Nc2ccccc2C(=O)O)cc(OC)c1OC. The van der Waals surface area contributed by atoms with Gasteiger partial charge in [-0.3, -0.25) is 4.79 Å². The van der Waals surface area contributed by atoms with E-state index in [0.717, 1.165) is 0 Å². The average Bonchev–Trinajstić information content (AvgIpc) is 2.65. The number of carboxylic acids is 1. The van der Waals surface area contributed by atoms with Gasteiger partial charge in [0.25, 0.3) is 0 Å². The van der Waals surface area contributed by atoms with E-state index in [1.54, 1.807) is 30.3 Å². The van der Waals surface area contributed by atoms with E-state index in [1.807, 2.05) is 0 Å². The Kier molecular flexibility index (Phi) is 6.21. The van der Waals surface area contributed by atoms with Crippen molar-refractivity contribution in [3.63, 3.8) is 0 Å². The van der Waals surface area contributed by atoms with E-state index in [-0.39, 0.29) is 11.3 Å². The van der Waals surface area contributed by atoms with Gasteiger partial charge in [0.05, 0.1) is 32.6 Å². The molecule has 0 aliphatic carbocycles. The highest BCUT2D eigenvalue weighted by Crippen LogP contribution is 2.38. The molecule has 0 aliphatic heterocycles. The van der Waals surface area contributed by atoms with Gasteiger partial charge in [0.2, 0.25) is 11.7 Å². The van der Waals surface area contributed by atoms with Crippen LogP contribution in [0.25, 0.3) is 6.08 Å². The summed E-state index contributed by atoms with van der Waals surface area (Å²) in [6, 6.07) is 9.55. The Morgan fingerprint density at radius 1 is 1.00 bits per heavy atom. The van der Waals surface area contributed by atoms with Crippen LogP contribution in [-0.4, -0.2) is 38.3 Å². The smallest absolute Gasteiger partial charge is 0.337 e. The molecule has 0 unspecified atom stereocenters. The molecule has 0 bridgehead atoms. The molecule has 136 valence electrons. The zero-order valence-corrected chi connectivity index (χ0v) is 14.6. The van der Waals surface area contributed by atoms with Crippen molar-refractivity contribution in [3.05, 3.63) is 53.6 Å². The van der Waals surface area contributed by atoms with Crippen LogP contribution in [-0.2, 0) is 4.79 Å². The van der Waals surface area contributed by atoms with Gasteiger partial charge in [-0.15, -0.1) is 0 Å². The van der Waals surface area contributed by atoms with Gasteiger partial charge in [0.1, 0.15) is 0 Å². The maximum Gasteiger partial charge on any atom is 0.337 e. The summed E-state index contributed by atoms with van der Waals surface area (Å²) in [5, 5.41) is 11.7. The molecule has 2 aromatic rings. The number of para-hydroxylation sites is 1. The molecule has 0 atom stereocenters. The Balaban J connectivity index is 2.22. The molecule has 7 nitrogen and oxygen atoms in total. The molecule has 7 heteroatoms. The van der Waals surface area contributed by atoms with Crippen LogP contribution in [0.2, 0.25) is 0 Å². The molecule has 0 saturated heterocycles. The van der Waals surface area contributed by atoms with Crippen molar-refractivity contribution < 1.29 is 28.9 Å². The van der Waals surface area contributed by atoms with E-state index >= 15 is 0 Å². The number of carbonyl (C=O) groups excluding carboxylic acids is 1. The number of amides is 1. The van der Waals surface area contributed by atoms with Gasteiger partial charge in [0, 0.05) is 6.08 Å². The summed E-state index contributed by atoms with van der Waals surface area (Å²) in [4.78, 5) is 23.3. The molecule has 0 fully saturated rings. The molecule has 1 amide bonds. The molecular weight excluding hydrogens is 338 g/mol. The van der Waals surface area contributed by atoms with Crippen molar-refractivity contribution in [2.75, 3.05) is 26.6 Å². The van der Waals surface area contributed by atoms with Crippen molar-refractivity contribution in [3.8, 4) is 17.2 Å². The van der Waals surface area contributed by atoms with Crippen LogP contribution in [0, 0.1) is 0 Å². The van der Waals surface area contributed by atoms with Crippen LogP contribution in [0.15, 0.2) is 42.5 Å². The minimum atomic E-state index is -1.12. The monoisotopic (exact) mass is 357 g/mol. The van der Waals surface area contributed by atoms with Crippen LogP contribution in [0.4, 0.5) is 5.69 Å². The minimum Gasteiger partial charge on any atom is -0.493 e. The molecule has 26 heavy (non-hydrogen) atoms. The zero-order valence-electron chi connectivity index (χ0n) is 14.6. The van der Waals surface area contributed by atoms with E-state index in [1.165, 1.54) is 39.5 Å². The maximum absolute atomic E-state index is 12.1. The molecule has 2 rings (SSSR count). The summed E-state index contributed by atoms with van der Waals surface area (Å²) in [6.07, 6.45) is 2.85. The lowest BCUT2D eigenvalue weighted by molar-refractivity contribution is -0.111. The van der Waals surface area contributed by atoms with Crippen molar-refractivity contribution in [1.29, 1.82) is 0 Å². The molecule has 0 heterocycles. The van der Waals surface area contributed by atoms with Crippen LogP contribution < -0.4 is 19.5 Å². The predicted octanol–water partition coefficient (Wildman–Crippen LogP) is 3.06. The third kappa shape index (κ3) is 4.32. The lowest BCUT2D eigenvalue weighted by Crippen LogP contribution is -2.11. The molecule has 0 saturated carbocycles. The summed E-state index contributed by atoms with van der Waals surface area (Å²) in [5.74, 6) is -0.208. The van der Waals surface area contributed by atoms with Crippen LogP contribution in [0.3, 0.4) is 0 Å². The molecule has 0 radical (unpaired) electrons. The van der Waals surface area contributed by atoms with E-state index in [4.69, 9.17) is 19.3 Å². The number of rotatable bonds is 7. The van der Waals surface area contributed by atoms with Gasteiger partial charge in [-0.1, -0.05) is 12.1 Å². The summed E-state index contributed by atoms with van der Waals surface area (Å²) in [6.45, 7) is 0. The number of aromatic carboxylic acids is 1. The van der Waals surface area contributed by atoms with Crippen molar-refractivity contribution in [2.24, 2.45) is 0 Å². The number of carboxylic acid groups (broad SMARTS) is 1. The van der Waals surface area contributed by atoms with Crippen LogP contribution in [0.1, 0.15) is 15.9 Å². The highest BCUT2D eigenvalue weighted by atomic mass is 16.5. The molecule has 0 aliphatic rings. The Labute approximate surface area is 150 Å². The molecule has 0 aromatic heterocycles. The highest BCUT2D eigenvalue weighted by molar-refractivity contribution is 6.06. The van der Waals surface area contributed by atoms with Gasteiger partial charge in [-0.25, -0.2) is 4.79 Å². The number of carbonyl (C=O) groups is 2. The van der Waals surface area contributed by atoms with Gasteiger partial charge in [-0.2, -0.15) is 0 Å². The largest absolute Gasteiger partial charge is 0.493 e. The number of nitrogens with one attached hydrogen (secondary N) is 1.